The Bertz CT molecular complexity index is 1360. The number of anilines is 2. The molecule has 2 aromatic rings. The van der Waals surface area contributed by atoms with Crippen LogP contribution in [0.3, 0.4) is 0 Å². The minimum atomic E-state index is -3.90. The molecule has 0 bridgehead atoms. The van der Waals surface area contributed by atoms with Crippen LogP contribution < -0.4 is 23.8 Å². The van der Waals surface area contributed by atoms with Gasteiger partial charge in [0.1, 0.15) is 25.0 Å². The van der Waals surface area contributed by atoms with Gasteiger partial charge in [0.15, 0.2) is 11.5 Å². The summed E-state index contributed by atoms with van der Waals surface area (Å²) in [6.45, 7) is 3.01. The first-order chi connectivity index (χ1) is 17.0. The number of benzene rings is 2. The first-order valence-electron chi connectivity index (χ1n) is 11.4. The second kappa shape index (κ2) is 10.1. The smallest absolute Gasteiger partial charge is 0.248 e. The number of carbonyl (C=O) groups excluding carboxylic acids is 1. The van der Waals surface area contributed by atoms with Crippen LogP contribution >= 0.6 is 0 Å². The third-order valence-corrected chi connectivity index (χ3v) is 9.14. The molecule has 196 valence electrons. The molecule has 0 saturated carbocycles. The van der Waals surface area contributed by atoms with Crippen LogP contribution in [0.4, 0.5) is 11.4 Å². The molecule has 13 heteroatoms. The molecule has 1 saturated heterocycles. The van der Waals surface area contributed by atoms with Crippen LogP contribution in [0.25, 0.3) is 0 Å². The van der Waals surface area contributed by atoms with Crippen LogP contribution in [0.15, 0.2) is 41.3 Å². The number of fused-ring (bicyclic) bond motifs is 1. The summed E-state index contributed by atoms with van der Waals surface area (Å²) in [6, 6.07) is 7.63. The summed E-state index contributed by atoms with van der Waals surface area (Å²) < 4.78 is 70.2. The molecule has 2 heterocycles. The number of amides is 1. The van der Waals surface area contributed by atoms with Gasteiger partial charge in [0.05, 0.1) is 29.6 Å². The maximum atomic E-state index is 13.3. The normalized spacial score (nSPS) is 16.9. The number of hydrogen-bond acceptors (Lipinski definition) is 8. The Morgan fingerprint density at radius 2 is 1.69 bits per heavy atom. The molecule has 2 aliphatic heterocycles. The lowest BCUT2D eigenvalue weighted by Gasteiger charge is -2.29. The second-order valence-electron chi connectivity index (χ2n) is 8.53. The summed E-state index contributed by atoms with van der Waals surface area (Å²) in [7, 11) is -6.25. The van der Waals surface area contributed by atoms with Gasteiger partial charge in [-0.3, -0.25) is 9.10 Å². The fraction of sp³-hybridized carbons (Fsp3) is 0.435. The summed E-state index contributed by atoms with van der Waals surface area (Å²) in [5.74, 6) is 0.420. The van der Waals surface area contributed by atoms with E-state index in [1.54, 1.807) is 6.07 Å². The van der Waals surface area contributed by atoms with E-state index in [1.807, 2.05) is 0 Å². The van der Waals surface area contributed by atoms with Crippen LogP contribution in [-0.2, 0) is 24.8 Å². The number of nitrogens with one attached hydrogen (secondary N) is 1. The Labute approximate surface area is 211 Å². The van der Waals surface area contributed by atoms with E-state index in [1.165, 1.54) is 48.7 Å². The molecule has 1 amide bonds. The minimum Gasteiger partial charge on any atom is -0.495 e. The Kier molecular flexibility index (Phi) is 7.34. The molecule has 0 aromatic heterocycles. The lowest BCUT2D eigenvalue weighted by molar-refractivity contribution is -0.116. The quantitative estimate of drug-likeness (QED) is 0.539. The van der Waals surface area contributed by atoms with Gasteiger partial charge in [-0.1, -0.05) is 0 Å². The average Bonchev–Trinajstić information content (AvgIpc) is 3.39. The van der Waals surface area contributed by atoms with Gasteiger partial charge in [0, 0.05) is 19.2 Å². The van der Waals surface area contributed by atoms with Crippen LogP contribution in [0.5, 0.6) is 17.2 Å². The van der Waals surface area contributed by atoms with E-state index in [0.29, 0.717) is 37.8 Å². The van der Waals surface area contributed by atoms with E-state index < -0.39 is 32.0 Å². The summed E-state index contributed by atoms with van der Waals surface area (Å²) in [4.78, 5) is 13.3. The third kappa shape index (κ3) is 5.22. The number of sulfonamides is 2. The zero-order valence-corrected chi connectivity index (χ0v) is 21.9. The summed E-state index contributed by atoms with van der Waals surface area (Å²) >= 11 is 0. The molecule has 1 unspecified atom stereocenters. The second-order valence-corrected chi connectivity index (χ2v) is 12.3. The Morgan fingerprint density at radius 3 is 2.33 bits per heavy atom. The minimum absolute atomic E-state index is 0.0139. The molecule has 2 aliphatic rings. The third-order valence-electron chi connectivity index (χ3n) is 6.00. The Hall–Kier alpha value is -3.03. The molecule has 1 atom stereocenters. The van der Waals surface area contributed by atoms with Gasteiger partial charge in [0.2, 0.25) is 26.0 Å². The molecule has 11 nitrogen and oxygen atoms in total. The largest absolute Gasteiger partial charge is 0.495 e. The van der Waals surface area contributed by atoms with Crippen LogP contribution in [-0.4, -0.2) is 72.8 Å². The summed E-state index contributed by atoms with van der Waals surface area (Å²) in [5, 5.41) is 2.64. The zero-order valence-electron chi connectivity index (χ0n) is 20.3. The van der Waals surface area contributed by atoms with Crippen molar-refractivity contribution in [3.05, 3.63) is 36.4 Å². The number of ether oxygens (including phenoxy) is 3. The lowest BCUT2D eigenvalue weighted by atomic mass is 10.2. The predicted octanol–water partition coefficient (Wildman–Crippen LogP) is 2.04. The number of nitrogens with zero attached hydrogens (tertiary/aromatic N) is 2. The van der Waals surface area contributed by atoms with E-state index in [-0.39, 0.29) is 22.0 Å². The molecule has 1 N–H and O–H groups in total. The van der Waals surface area contributed by atoms with Gasteiger partial charge >= 0.3 is 0 Å². The SMILES string of the molecule is COc1ccc(S(=O)(=O)N2CCCC2)cc1NC(=O)C(C)N(c1ccc2c(c1)OCCO2)S(C)(=O)=O. The van der Waals surface area contributed by atoms with Crippen molar-refractivity contribution < 1.29 is 35.8 Å². The first-order valence-corrected chi connectivity index (χ1v) is 14.7. The van der Waals surface area contributed by atoms with Gasteiger partial charge in [-0.2, -0.15) is 4.31 Å². The van der Waals surface area contributed by atoms with Crippen molar-refractivity contribution in [3.8, 4) is 17.2 Å². The molecule has 0 aliphatic carbocycles. The number of rotatable bonds is 8. The van der Waals surface area contributed by atoms with Crippen LogP contribution in [0.2, 0.25) is 0 Å². The summed E-state index contributed by atoms with van der Waals surface area (Å²) in [6.07, 6.45) is 2.58. The summed E-state index contributed by atoms with van der Waals surface area (Å²) in [5.41, 5.74) is 0.340. The number of methoxy groups -OCH3 is 1. The maximum absolute atomic E-state index is 13.3. The zero-order chi connectivity index (χ0) is 26.1. The average molecular weight is 540 g/mol. The molecule has 4 rings (SSSR count). The number of hydrogen-bond donors (Lipinski definition) is 1. The highest BCUT2D eigenvalue weighted by atomic mass is 32.2. The molecule has 1 fully saturated rings. The maximum Gasteiger partial charge on any atom is 0.248 e. The molecule has 0 radical (unpaired) electrons. The predicted molar refractivity (Wildman–Crippen MR) is 134 cm³/mol. The fourth-order valence-corrected chi connectivity index (χ4v) is 6.95. The van der Waals surface area contributed by atoms with E-state index in [0.717, 1.165) is 23.4 Å². The molecular weight excluding hydrogens is 510 g/mol. The Morgan fingerprint density at radius 1 is 1.03 bits per heavy atom. The van der Waals surface area contributed by atoms with E-state index in [4.69, 9.17) is 14.2 Å². The van der Waals surface area contributed by atoms with Gasteiger partial charge in [-0.25, -0.2) is 16.8 Å². The van der Waals surface area contributed by atoms with E-state index in [9.17, 15) is 21.6 Å². The topological polar surface area (TPSA) is 132 Å². The van der Waals surface area contributed by atoms with Gasteiger partial charge in [0.25, 0.3) is 0 Å². The highest BCUT2D eigenvalue weighted by Gasteiger charge is 2.32. The van der Waals surface area contributed by atoms with Crippen molar-refractivity contribution in [2.24, 2.45) is 0 Å². The molecule has 0 spiro atoms. The van der Waals surface area contributed by atoms with Gasteiger partial charge in [-0.05, 0) is 50.1 Å². The fourth-order valence-electron chi connectivity index (χ4n) is 4.24. The monoisotopic (exact) mass is 539 g/mol. The van der Waals surface area contributed by atoms with E-state index >= 15 is 0 Å². The standard InChI is InChI=1S/C23H29N3O8S2/c1-16(26(35(3,28)29)17-6-8-21-22(14-17)34-13-12-33-21)23(27)24-19-15-18(7-9-20(19)32-2)36(30,31)25-10-4-5-11-25/h6-9,14-16H,4-5,10-13H2,1-3H3,(H,24,27). The van der Waals surface area contributed by atoms with Crippen molar-refractivity contribution in [2.75, 3.05) is 49.3 Å². The lowest BCUT2D eigenvalue weighted by Crippen LogP contribution is -2.45. The van der Waals surface area contributed by atoms with Crippen molar-refractivity contribution in [2.45, 2.75) is 30.7 Å². The first kappa shape index (κ1) is 26.0. The van der Waals surface area contributed by atoms with Gasteiger partial charge < -0.3 is 19.5 Å². The van der Waals surface area contributed by atoms with Crippen molar-refractivity contribution in [3.63, 3.8) is 0 Å². The van der Waals surface area contributed by atoms with Crippen LogP contribution in [0, 0.1) is 0 Å². The van der Waals surface area contributed by atoms with E-state index in [2.05, 4.69) is 5.32 Å². The Balaban J connectivity index is 1.63. The van der Waals surface area contributed by atoms with Crippen molar-refractivity contribution in [1.29, 1.82) is 0 Å². The molecule has 2 aromatic carbocycles. The number of carbonyl (C=O) groups is 1. The van der Waals surface area contributed by atoms with Gasteiger partial charge in [-0.15, -0.1) is 0 Å². The molecular formula is C23H29N3O8S2. The van der Waals surface area contributed by atoms with Crippen molar-refractivity contribution >= 4 is 37.3 Å². The van der Waals surface area contributed by atoms with Crippen molar-refractivity contribution in [1.82, 2.24) is 4.31 Å². The van der Waals surface area contributed by atoms with Crippen LogP contribution in [0.1, 0.15) is 19.8 Å². The molecule has 36 heavy (non-hydrogen) atoms. The highest BCUT2D eigenvalue weighted by molar-refractivity contribution is 7.92. The highest BCUT2D eigenvalue weighted by Crippen LogP contribution is 2.36.